The highest BCUT2D eigenvalue weighted by Crippen LogP contribution is 2.38. The normalized spacial score (nSPS) is 24.2. The Morgan fingerprint density at radius 2 is 1.71 bits per heavy atom. The molecule has 1 aliphatic heterocycles. The Hall–Kier alpha value is -0.450. The molecule has 4 nitrogen and oxygen atoms in total. The van der Waals surface area contributed by atoms with Crippen molar-refractivity contribution in [2.24, 2.45) is 11.8 Å². The van der Waals surface area contributed by atoms with E-state index in [9.17, 15) is 9.59 Å². The van der Waals surface area contributed by atoms with Gasteiger partial charge in [-0.3, -0.25) is 9.59 Å². The fraction of sp³-hybridized carbons (Fsp3) is 0.714. The van der Waals surface area contributed by atoms with E-state index < -0.39 is 9.83 Å². The minimum absolute atomic E-state index is 0.162. The lowest BCUT2D eigenvalue weighted by atomic mass is 9.97. The summed E-state index contributed by atoms with van der Waals surface area (Å²) >= 11 is 17.6. The lowest BCUT2D eigenvalue weighted by Gasteiger charge is -2.40. The molecule has 0 spiro atoms. The van der Waals surface area contributed by atoms with Gasteiger partial charge >= 0.3 is 0 Å². The predicted molar refractivity (Wildman–Crippen MR) is 86.3 cm³/mol. The van der Waals surface area contributed by atoms with E-state index >= 15 is 0 Å². The third-order valence-corrected chi connectivity index (χ3v) is 4.73. The number of piperazine rings is 1. The maximum atomic E-state index is 12.5. The lowest BCUT2D eigenvalue weighted by molar-refractivity contribution is -0.149. The van der Waals surface area contributed by atoms with E-state index in [0.29, 0.717) is 12.1 Å². The minimum atomic E-state index is -1.46. The van der Waals surface area contributed by atoms with Gasteiger partial charge in [-0.1, -0.05) is 61.7 Å². The molecule has 1 heterocycles. The molecule has 1 unspecified atom stereocenters. The van der Waals surface area contributed by atoms with Gasteiger partial charge in [0, 0.05) is 20.0 Å². The largest absolute Gasteiger partial charge is 0.328 e. The molecule has 2 atom stereocenters. The maximum Gasteiger partial charge on any atom is 0.270 e. The van der Waals surface area contributed by atoms with E-state index in [1.54, 1.807) is 27.1 Å². The van der Waals surface area contributed by atoms with Crippen LogP contribution in [0.25, 0.3) is 0 Å². The Kier molecular flexibility index (Phi) is 5.99. The van der Waals surface area contributed by atoms with Crippen LogP contribution in [0, 0.1) is 11.8 Å². The second-order valence-corrected chi connectivity index (χ2v) is 8.17. The summed E-state index contributed by atoms with van der Waals surface area (Å²) in [5.74, 6) is -0.530. The molecule has 0 aromatic carbocycles. The first-order valence-corrected chi connectivity index (χ1v) is 7.93. The smallest absolute Gasteiger partial charge is 0.270 e. The SMILES string of the molecule is CC(C)/C=C1/C(=O)N(C)C(C[C@H](C)C(Cl)(Cl)Cl)C(=O)N1C. The third kappa shape index (κ3) is 4.27. The van der Waals surface area contributed by atoms with Gasteiger partial charge in [0.05, 0.1) is 0 Å². The monoisotopic (exact) mass is 354 g/mol. The minimum Gasteiger partial charge on any atom is -0.328 e. The van der Waals surface area contributed by atoms with Gasteiger partial charge in [0.2, 0.25) is 5.91 Å². The number of carbonyl (C=O) groups excluding carboxylic acids is 2. The van der Waals surface area contributed by atoms with Gasteiger partial charge in [0.15, 0.2) is 3.79 Å². The van der Waals surface area contributed by atoms with Gasteiger partial charge in [0.1, 0.15) is 11.7 Å². The van der Waals surface area contributed by atoms with Crippen molar-refractivity contribution >= 4 is 46.6 Å². The van der Waals surface area contributed by atoms with E-state index in [4.69, 9.17) is 34.8 Å². The zero-order valence-corrected chi connectivity index (χ0v) is 15.1. The summed E-state index contributed by atoms with van der Waals surface area (Å²) in [6.45, 7) is 5.66. The number of alkyl halides is 3. The van der Waals surface area contributed by atoms with Crippen LogP contribution in [-0.4, -0.2) is 45.5 Å². The van der Waals surface area contributed by atoms with Crippen molar-refractivity contribution in [3.63, 3.8) is 0 Å². The first-order valence-electron chi connectivity index (χ1n) is 6.80. The van der Waals surface area contributed by atoms with Gasteiger partial charge < -0.3 is 9.80 Å². The molecule has 2 amide bonds. The average Bonchev–Trinajstić information content (AvgIpc) is 2.35. The van der Waals surface area contributed by atoms with Crippen molar-refractivity contribution < 1.29 is 9.59 Å². The van der Waals surface area contributed by atoms with Crippen LogP contribution < -0.4 is 0 Å². The van der Waals surface area contributed by atoms with Gasteiger partial charge in [-0.15, -0.1) is 0 Å². The fourth-order valence-corrected chi connectivity index (χ4v) is 2.47. The summed E-state index contributed by atoms with van der Waals surface area (Å²) in [5.41, 5.74) is 0.398. The van der Waals surface area contributed by atoms with E-state index in [-0.39, 0.29) is 23.7 Å². The Labute approximate surface area is 141 Å². The molecule has 1 saturated heterocycles. The van der Waals surface area contributed by atoms with Crippen molar-refractivity contribution in [1.29, 1.82) is 0 Å². The van der Waals surface area contributed by atoms with Crippen molar-refractivity contribution in [3.05, 3.63) is 11.8 Å². The van der Waals surface area contributed by atoms with Crippen LogP contribution >= 0.6 is 34.8 Å². The van der Waals surface area contributed by atoms with Crippen LogP contribution in [0.1, 0.15) is 27.2 Å². The number of hydrogen-bond donors (Lipinski definition) is 0. The molecule has 0 aliphatic carbocycles. The van der Waals surface area contributed by atoms with Crippen LogP contribution in [0.4, 0.5) is 0 Å². The number of carbonyl (C=O) groups is 2. The number of nitrogens with zero attached hydrogens (tertiary/aromatic N) is 2. The molecule has 0 aromatic rings. The zero-order valence-electron chi connectivity index (χ0n) is 12.9. The average molecular weight is 356 g/mol. The summed E-state index contributed by atoms with van der Waals surface area (Å²) in [6, 6.07) is -0.613. The first kappa shape index (κ1) is 18.6. The van der Waals surface area contributed by atoms with Gasteiger partial charge in [-0.25, -0.2) is 0 Å². The summed E-state index contributed by atoms with van der Waals surface area (Å²) in [6.07, 6.45) is 2.09. The number of halogens is 3. The lowest BCUT2D eigenvalue weighted by Crippen LogP contribution is -2.56. The summed E-state index contributed by atoms with van der Waals surface area (Å²) in [4.78, 5) is 27.8. The van der Waals surface area contributed by atoms with Crippen molar-refractivity contribution in [2.45, 2.75) is 37.0 Å². The van der Waals surface area contributed by atoms with Gasteiger partial charge in [0.25, 0.3) is 5.91 Å². The molecule has 0 radical (unpaired) electrons. The van der Waals surface area contributed by atoms with Crippen LogP contribution in [0.3, 0.4) is 0 Å². The molecule has 0 bridgehead atoms. The van der Waals surface area contributed by atoms with Crippen molar-refractivity contribution in [2.75, 3.05) is 14.1 Å². The Bertz CT molecular complexity index is 458. The Balaban J connectivity index is 3.02. The van der Waals surface area contributed by atoms with Crippen LogP contribution in [0.15, 0.2) is 11.8 Å². The number of allylic oxidation sites excluding steroid dienone is 1. The van der Waals surface area contributed by atoms with Crippen molar-refractivity contribution in [3.8, 4) is 0 Å². The fourth-order valence-electron chi connectivity index (χ4n) is 2.20. The molecule has 21 heavy (non-hydrogen) atoms. The molecule has 7 heteroatoms. The molecule has 1 fully saturated rings. The van der Waals surface area contributed by atoms with Gasteiger partial charge in [-0.2, -0.15) is 0 Å². The van der Waals surface area contributed by atoms with Crippen LogP contribution in [0.5, 0.6) is 0 Å². The van der Waals surface area contributed by atoms with Crippen LogP contribution in [-0.2, 0) is 9.59 Å². The number of amides is 2. The Morgan fingerprint density at radius 3 is 2.14 bits per heavy atom. The van der Waals surface area contributed by atoms with Crippen LogP contribution in [0.2, 0.25) is 0 Å². The predicted octanol–water partition coefficient (Wildman–Crippen LogP) is 3.22. The summed E-state index contributed by atoms with van der Waals surface area (Å²) in [5, 5.41) is 0. The highest BCUT2D eigenvalue weighted by atomic mass is 35.6. The standard InChI is InChI=1S/C14H21Cl3N2O2/c1-8(2)6-10-12(20)19(5)11(13(21)18(10)4)7-9(3)14(15,16)17/h6,8-9,11H,7H2,1-5H3/b10-6-/t9-,11?/m0/s1. The molecular weight excluding hydrogens is 335 g/mol. The zero-order chi connectivity index (χ0) is 16.5. The number of likely N-dealkylation sites (N-methyl/N-ethyl adjacent to an activating group) is 2. The first-order chi connectivity index (χ1) is 9.46. The van der Waals surface area contributed by atoms with E-state index in [0.717, 1.165) is 0 Å². The van der Waals surface area contributed by atoms with E-state index in [2.05, 4.69) is 0 Å². The molecule has 1 rings (SSSR count). The molecule has 1 aliphatic rings. The van der Waals surface area contributed by atoms with Gasteiger partial charge in [-0.05, 0) is 12.3 Å². The highest BCUT2D eigenvalue weighted by molar-refractivity contribution is 6.67. The van der Waals surface area contributed by atoms with E-state index in [1.807, 2.05) is 13.8 Å². The molecular formula is C14H21Cl3N2O2. The quantitative estimate of drug-likeness (QED) is 0.576. The second-order valence-electron chi connectivity index (χ2n) is 5.80. The molecule has 0 saturated carbocycles. The second kappa shape index (κ2) is 6.76. The Morgan fingerprint density at radius 1 is 1.19 bits per heavy atom. The number of rotatable bonds is 3. The van der Waals surface area contributed by atoms with Crippen molar-refractivity contribution in [1.82, 2.24) is 9.80 Å². The molecule has 120 valence electrons. The molecule has 0 aromatic heterocycles. The topological polar surface area (TPSA) is 40.6 Å². The third-order valence-electron chi connectivity index (χ3n) is 3.61. The summed E-state index contributed by atoms with van der Waals surface area (Å²) < 4.78 is -1.46. The molecule has 0 N–H and O–H groups in total. The van der Waals surface area contributed by atoms with E-state index in [1.165, 1.54) is 9.80 Å². The maximum absolute atomic E-state index is 12.5. The highest BCUT2D eigenvalue weighted by Gasteiger charge is 2.42. The number of hydrogen-bond acceptors (Lipinski definition) is 2. The summed E-state index contributed by atoms with van der Waals surface area (Å²) in [7, 11) is 3.21.